The van der Waals surface area contributed by atoms with Crippen LogP contribution in [0.2, 0.25) is 18.1 Å². The van der Waals surface area contributed by atoms with Crippen molar-refractivity contribution in [1.29, 1.82) is 0 Å². The summed E-state index contributed by atoms with van der Waals surface area (Å²) in [5.74, 6) is 1.59. The zero-order valence-electron chi connectivity index (χ0n) is 22.3. The van der Waals surface area contributed by atoms with Gasteiger partial charge in [0.15, 0.2) is 8.32 Å². The first-order valence-corrected chi connectivity index (χ1v) is 17.0. The van der Waals surface area contributed by atoms with E-state index < -0.39 is 14.3 Å². The average molecular weight is 511 g/mol. The van der Waals surface area contributed by atoms with E-state index in [4.69, 9.17) is 9.53 Å². The number of hydrogen-bond acceptors (Lipinski definition) is 4. The summed E-state index contributed by atoms with van der Waals surface area (Å²) in [6.07, 6.45) is 14.0. The van der Waals surface area contributed by atoms with Gasteiger partial charge in [-0.3, -0.25) is 0 Å². The van der Waals surface area contributed by atoms with Gasteiger partial charge < -0.3 is 9.53 Å². The molecule has 1 saturated heterocycles. The molecule has 6 heteroatoms. The predicted octanol–water partition coefficient (Wildman–Crippen LogP) is 8.61. The van der Waals surface area contributed by atoms with Gasteiger partial charge in [-0.05, 0) is 76.1 Å². The second kappa shape index (κ2) is 13.4. The maximum absolute atomic E-state index is 10.7. The molecule has 0 spiro atoms. The summed E-state index contributed by atoms with van der Waals surface area (Å²) in [7, 11) is -1.87. The molecule has 1 aliphatic heterocycles. The van der Waals surface area contributed by atoms with E-state index in [9.17, 15) is 4.79 Å². The molecule has 0 bridgehead atoms. The number of carboxylic acids is 1. The van der Waals surface area contributed by atoms with Crippen molar-refractivity contribution in [2.45, 2.75) is 102 Å². The second-order valence-electron chi connectivity index (χ2n) is 10.7. The third-order valence-electron chi connectivity index (χ3n) is 6.47. The number of allylic oxidation sites excluding steroid dienone is 6. The van der Waals surface area contributed by atoms with Crippen molar-refractivity contribution in [2.75, 3.05) is 11.5 Å². The number of carbonyl (C=O) groups is 1. The Morgan fingerprint density at radius 1 is 1.06 bits per heavy atom. The molecule has 0 saturated carbocycles. The highest BCUT2D eigenvalue weighted by Crippen LogP contribution is 2.49. The monoisotopic (exact) mass is 510 g/mol. The molecule has 0 aromatic rings. The molecule has 1 heterocycles. The van der Waals surface area contributed by atoms with Crippen molar-refractivity contribution in [3.63, 3.8) is 0 Å². The van der Waals surface area contributed by atoms with E-state index in [0.29, 0.717) is 0 Å². The van der Waals surface area contributed by atoms with E-state index in [2.05, 4.69) is 90.3 Å². The molecule has 33 heavy (non-hydrogen) atoms. The van der Waals surface area contributed by atoms with Crippen molar-refractivity contribution < 1.29 is 14.3 Å². The average Bonchev–Trinajstić information content (AvgIpc) is 2.70. The molecule has 1 aliphatic rings. The molecule has 0 aromatic carbocycles. The van der Waals surface area contributed by atoms with Gasteiger partial charge in [0, 0.05) is 6.08 Å². The minimum absolute atomic E-state index is 0.193. The quantitative estimate of drug-likeness (QED) is 0.171. The van der Waals surface area contributed by atoms with Crippen LogP contribution in [0, 0.1) is 0 Å². The smallest absolute Gasteiger partial charge is 0.328 e. The van der Waals surface area contributed by atoms with Crippen LogP contribution >= 0.6 is 23.5 Å². The Morgan fingerprint density at radius 3 is 2.15 bits per heavy atom. The van der Waals surface area contributed by atoms with Crippen molar-refractivity contribution >= 4 is 37.8 Å². The number of rotatable bonds is 11. The molecule has 188 valence electrons. The molecule has 0 amide bonds. The lowest BCUT2D eigenvalue weighted by atomic mass is 10.1. The first kappa shape index (κ1) is 30.3. The third kappa shape index (κ3) is 11.1. The Hall–Kier alpha value is -0.693. The van der Waals surface area contributed by atoms with Gasteiger partial charge in [0.25, 0.3) is 0 Å². The van der Waals surface area contributed by atoms with Gasteiger partial charge in [-0.1, -0.05) is 68.7 Å². The van der Waals surface area contributed by atoms with Gasteiger partial charge in [-0.2, -0.15) is 0 Å². The number of hydrogen-bond donors (Lipinski definition) is 1. The Balaban J connectivity index is 3.04. The normalized spacial score (nSPS) is 19.7. The van der Waals surface area contributed by atoms with E-state index in [-0.39, 0.29) is 15.2 Å². The minimum Gasteiger partial charge on any atom is -0.478 e. The Kier molecular flexibility index (Phi) is 12.3. The summed E-state index contributed by atoms with van der Waals surface area (Å²) in [6.45, 7) is 20.1. The van der Waals surface area contributed by atoms with Crippen LogP contribution in [-0.4, -0.2) is 41.1 Å². The molecule has 0 unspecified atom stereocenters. The largest absolute Gasteiger partial charge is 0.478 e. The molecule has 0 aromatic heterocycles. The first-order valence-electron chi connectivity index (χ1n) is 12.1. The standard InChI is InChI=1S/C27H46O3S2Si/c1-10-27(31-16-11-17-32-27)20-24(30-33(8,9)26(5,6)7)14-12-21(2)18-23(4)19-22(3)13-15-25(28)29/h12-13,15,18-19,24H,10-11,14,16-17,20H2,1-9H3,(H,28,29)/b15-13+,21-12+,22-19+,23-18+/t24-/m1/s1. The molecule has 1 N–H and O–H groups in total. The van der Waals surface area contributed by atoms with Crippen LogP contribution in [0.25, 0.3) is 0 Å². The molecule has 3 nitrogen and oxygen atoms in total. The fourth-order valence-electron chi connectivity index (χ4n) is 3.58. The van der Waals surface area contributed by atoms with Gasteiger partial charge in [0.2, 0.25) is 0 Å². The van der Waals surface area contributed by atoms with E-state index in [1.165, 1.54) is 36.0 Å². The predicted molar refractivity (Wildman–Crippen MR) is 152 cm³/mol. The maximum atomic E-state index is 10.7. The SMILES string of the molecule is CCC1(C[C@@H](C/C=C(C)/C=C(C)/C=C(C)/C=C/C(=O)O)O[Si](C)(C)C(C)(C)C)SCCCS1. The van der Waals surface area contributed by atoms with Gasteiger partial charge >= 0.3 is 5.97 Å². The molecule has 1 rings (SSSR count). The number of thioether (sulfide) groups is 2. The molecule has 1 fully saturated rings. The van der Waals surface area contributed by atoms with E-state index in [0.717, 1.165) is 24.0 Å². The summed E-state index contributed by atoms with van der Waals surface area (Å²) in [5.41, 5.74) is 3.26. The van der Waals surface area contributed by atoms with Crippen LogP contribution in [0.4, 0.5) is 0 Å². The van der Waals surface area contributed by atoms with Crippen molar-refractivity contribution in [3.05, 3.63) is 47.1 Å². The van der Waals surface area contributed by atoms with Crippen LogP contribution in [-0.2, 0) is 9.22 Å². The summed E-state index contributed by atoms with van der Waals surface area (Å²) >= 11 is 4.28. The maximum Gasteiger partial charge on any atom is 0.328 e. The topological polar surface area (TPSA) is 46.5 Å². The number of aliphatic carboxylic acids is 1. The van der Waals surface area contributed by atoms with Gasteiger partial charge in [-0.25, -0.2) is 4.79 Å². The van der Waals surface area contributed by atoms with Gasteiger partial charge in [0.05, 0.1) is 10.2 Å². The molecule has 0 radical (unpaired) electrons. The highest BCUT2D eigenvalue weighted by molar-refractivity contribution is 8.18. The summed E-state index contributed by atoms with van der Waals surface area (Å²) in [4.78, 5) is 10.7. The van der Waals surface area contributed by atoms with Gasteiger partial charge in [0.1, 0.15) is 0 Å². The fourth-order valence-corrected chi connectivity index (χ4v) is 8.30. The first-order chi connectivity index (χ1) is 15.2. The van der Waals surface area contributed by atoms with E-state index >= 15 is 0 Å². The Labute approximate surface area is 212 Å². The zero-order valence-corrected chi connectivity index (χ0v) is 24.9. The number of carboxylic acid groups (broad SMARTS) is 1. The second-order valence-corrected chi connectivity index (χ2v) is 18.6. The van der Waals surface area contributed by atoms with Crippen LogP contribution in [0.15, 0.2) is 47.1 Å². The van der Waals surface area contributed by atoms with E-state index in [1.54, 1.807) is 6.08 Å². The summed E-state index contributed by atoms with van der Waals surface area (Å²) in [6, 6.07) is 0. The summed E-state index contributed by atoms with van der Waals surface area (Å²) in [5, 5.41) is 8.99. The minimum atomic E-state index is -1.87. The lowest BCUT2D eigenvalue weighted by Gasteiger charge is -2.43. The lowest BCUT2D eigenvalue weighted by Crippen LogP contribution is -2.45. The van der Waals surface area contributed by atoms with Crippen LogP contribution in [0.5, 0.6) is 0 Å². The Morgan fingerprint density at radius 2 is 1.64 bits per heavy atom. The van der Waals surface area contributed by atoms with Crippen LogP contribution in [0.1, 0.15) is 74.1 Å². The molecule has 1 atom stereocenters. The highest BCUT2D eigenvalue weighted by Gasteiger charge is 2.41. The van der Waals surface area contributed by atoms with Crippen LogP contribution in [0.3, 0.4) is 0 Å². The third-order valence-corrected chi connectivity index (χ3v) is 14.7. The van der Waals surface area contributed by atoms with Gasteiger partial charge in [-0.15, -0.1) is 23.5 Å². The van der Waals surface area contributed by atoms with Crippen molar-refractivity contribution in [1.82, 2.24) is 0 Å². The highest BCUT2D eigenvalue weighted by atomic mass is 32.2. The molecular weight excluding hydrogens is 465 g/mol. The Bertz CT molecular complexity index is 767. The van der Waals surface area contributed by atoms with Crippen molar-refractivity contribution in [3.8, 4) is 0 Å². The zero-order chi connectivity index (χ0) is 25.3. The molecule has 0 aliphatic carbocycles. The van der Waals surface area contributed by atoms with E-state index in [1.807, 2.05) is 13.0 Å². The summed E-state index contributed by atoms with van der Waals surface area (Å²) < 4.78 is 7.25. The van der Waals surface area contributed by atoms with Crippen LogP contribution < -0.4 is 0 Å². The molecular formula is C27H46O3S2Si. The van der Waals surface area contributed by atoms with Crippen molar-refractivity contribution in [2.24, 2.45) is 0 Å². The fraction of sp³-hybridized carbons (Fsp3) is 0.667. The lowest BCUT2D eigenvalue weighted by molar-refractivity contribution is -0.131.